The topological polar surface area (TPSA) is 142 Å². The van der Waals surface area contributed by atoms with Gasteiger partial charge >= 0.3 is 17.6 Å². The van der Waals surface area contributed by atoms with Crippen molar-refractivity contribution in [1.29, 1.82) is 0 Å². The molecule has 12 heteroatoms. The molecule has 0 aliphatic carbocycles. The Morgan fingerprint density at radius 2 is 1.97 bits per heavy atom. The summed E-state index contributed by atoms with van der Waals surface area (Å²) in [6.45, 7) is 3.79. The Morgan fingerprint density at radius 1 is 1.30 bits per heavy atom. The number of ether oxygens (including phenoxy) is 3. The number of amides is 2. The number of carbonyl (C=O) groups excluding carboxylic acids is 4. The summed E-state index contributed by atoms with van der Waals surface area (Å²) < 4.78 is 14.9. The van der Waals surface area contributed by atoms with Gasteiger partial charge in [-0.05, 0) is 43.8 Å². The fraction of sp³-hybridized carbons (Fsp3) is 0.333. The van der Waals surface area contributed by atoms with Crippen molar-refractivity contribution in [1.82, 2.24) is 4.90 Å². The molecule has 0 spiro atoms. The highest BCUT2D eigenvalue weighted by atomic mass is 32.2. The fourth-order valence-electron chi connectivity index (χ4n) is 2.51. The first-order valence-electron chi connectivity index (χ1n) is 8.53. The highest BCUT2D eigenvalue weighted by Gasteiger charge is 2.37. The lowest BCUT2D eigenvalue weighted by Crippen LogP contribution is -2.35. The van der Waals surface area contributed by atoms with Gasteiger partial charge in [-0.25, -0.2) is 0 Å². The number of nitrogens with zero attached hydrogens (tertiary/aromatic N) is 2. The molecule has 0 unspecified atom stereocenters. The number of hydrogen-bond acceptors (Lipinski definition) is 10. The average Bonchev–Trinajstić information content (AvgIpc) is 2.88. The van der Waals surface area contributed by atoms with Gasteiger partial charge in [-0.15, -0.1) is 0 Å². The van der Waals surface area contributed by atoms with E-state index in [0.717, 1.165) is 11.8 Å². The first-order chi connectivity index (χ1) is 14.0. The summed E-state index contributed by atoms with van der Waals surface area (Å²) in [5.74, 6) is -2.84. The molecule has 0 atom stereocenters. The highest BCUT2D eigenvalue weighted by Crippen LogP contribution is 2.42. The number of carbonyl (C=O) groups is 4. The molecule has 1 aromatic carbocycles. The smallest absolute Gasteiger partial charge is 0.353 e. The summed E-state index contributed by atoms with van der Waals surface area (Å²) in [4.78, 5) is 59.0. The zero-order valence-corrected chi connectivity index (χ0v) is 17.3. The molecule has 1 saturated heterocycles. The van der Waals surface area contributed by atoms with E-state index in [4.69, 9.17) is 14.2 Å². The summed E-state index contributed by atoms with van der Waals surface area (Å²) in [5, 5.41) is 10.8. The van der Waals surface area contributed by atoms with Crippen LogP contribution in [0.5, 0.6) is 11.5 Å². The lowest BCUT2D eigenvalue weighted by atomic mass is 10.1. The van der Waals surface area contributed by atoms with Crippen molar-refractivity contribution in [3.05, 3.63) is 32.7 Å². The van der Waals surface area contributed by atoms with Crippen molar-refractivity contribution < 1.29 is 38.3 Å². The van der Waals surface area contributed by atoms with Crippen LogP contribution in [0.3, 0.4) is 0 Å². The molecule has 2 amide bonds. The zero-order valence-electron chi connectivity index (χ0n) is 16.5. The fourth-order valence-corrected chi connectivity index (χ4v) is 3.34. The predicted octanol–water partition coefficient (Wildman–Crippen LogP) is 2.52. The standard InChI is InChI=1S/C18H18N2O9S/c1-9(2)28-14(22)8-19-17(23)13(30-18(19)24)7-11-5-6-12(29-10(3)21)15(20(25)26)16(11)27-4/h5-7,9H,8H2,1-4H3/b13-7-. The molecule has 160 valence electrons. The van der Waals surface area contributed by atoms with Crippen molar-refractivity contribution in [3.8, 4) is 11.5 Å². The molecule has 0 N–H and O–H groups in total. The van der Waals surface area contributed by atoms with Gasteiger partial charge in [0.05, 0.1) is 23.0 Å². The number of thioether (sulfide) groups is 1. The van der Waals surface area contributed by atoms with Crippen molar-refractivity contribution in [3.63, 3.8) is 0 Å². The van der Waals surface area contributed by atoms with Gasteiger partial charge in [-0.1, -0.05) is 0 Å². The van der Waals surface area contributed by atoms with E-state index < -0.39 is 46.3 Å². The van der Waals surface area contributed by atoms with Gasteiger partial charge in [0.2, 0.25) is 11.5 Å². The molecule has 0 aromatic heterocycles. The Kier molecular flexibility index (Phi) is 7.16. The number of esters is 2. The van der Waals surface area contributed by atoms with E-state index in [2.05, 4.69) is 0 Å². The zero-order chi connectivity index (χ0) is 22.6. The number of nitro benzene ring substituents is 1. The van der Waals surface area contributed by atoms with Crippen molar-refractivity contribution >= 4 is 46.6 Å². The summed E-state index contributed by atoms with van der Waals surface area (Å²) in [6.07, 6.45) is 0.815. The van der Waals surface area contributed by atoms with Crippen LogP contribution in [0.2, 0.25) is 0 Å². The number of imide groups is 1. The maximum absolute atomic E-state index is 12.5. The van der Waals surface area contributed by atoms with E-state index >= 15 is 0 Å². The van der Waals surface area contributed by atoms with Crippen LogP contribution in [-0.2, 0) is 19.1 Å². The van der Waals surface area contributed by atoms with Crippen LogP contribution in [-0.4, -0.2) is 52.7 Å². The molecule has 1 aromatic rings. The maximum Gasteiger partial charge on any atom is 0.353 e. The van der Waals surface area contributed by atoms with E-state index in [1.54, 1.807) is 13.8 Å². The minimum atomic E-state index is -0.790. The van der Waals surface area contributed by atoms with Crippen molar-refractivity contribution in [2.45, 2.75) is 26.9 Å². The lowest BCUT2D eigenvalue weighted by molar-refractivity contribution is -0.386. The van der Waals surface area contributed by atoms with Crippen LogP contribution in [0.25, 0.3) is 6.08 Å². The van der Waals surface area contributed by atoms with E-state index in [1.807, 2.05) is 0 Å². The lowest BCUT2D eigenvalue weighted by Gasteiger charge is -2.13. The van der Waals surface area contributed by atoms with Crippen LogP contribution >= 0.6 is 11.8 Å². The second-order valence-electron chi connectivity index (χ2n) is 6.19. The monoisotopic (exact) mass is 438 g/mol. The van der Waals surface area contributed by atoms with Crippen LogP contribution in [0.4, 0.5) is 10.5 Å². The van der Waals surface area contributed by atoms with Gasteiger partial charge in [0.25, 0.3) is 11.1 Å². The Labute approximate surface area is 175 Å². The molecule has 0 saturated carbocycles. The molecule has 30 heavy (non-hydrogen) atoms. The third-order valence-electron chi connectivity index (χ3n) is 3.58. The number of benzene rings is 1. The minimum absolute atomic E-state index is 0.0646. The third-order valence-corrected chi connectivity index (χ3v) is 4.49. The molecule has 1 heterocycles. The number of rotatable bonds is 7. The Morgan fingerprint density at radius 3 is 2.50 bits per heavy atom. The number of methoxy groups -OCH3 is 1. The molecular formula is C18H18N2O9S. The van der Waals surface area contributed by atoms with Gasteiger partial charge in [0, 0.05) is 12.5 Å². The highest BCUT2D eigenvalue weighted by molar-refractivity contribution is 8.18. The van der Waals surface area contributed by atoms with Gasteiger partial charge < -0.3 is 14.2 Å². The van der Waals surface area contributed by atoms with E-state index in [0.29, 0.717) is 11.8 Å². The quantitative estimate of drug-likeness (QED) is 0.205. The Bertz CT molecular complexity index is 955. The summed E-state index contributed by atoms with van der Waals surface area (Å²) >= 11 is 0.566. The van der Waals surface area contributed by atoms with Gasteiger partial charge in [-0.3, -0.25) is 34.2 Å². The second-order valence-corrected chi connectivity index (χ2v) is 7.19. The summed E-state index contributed by atoms with van der Waals surface area (Å²) in [5.41, 5.74) is -0.503. The van der Waals surface area contributed by atoms with Crippen LogP contribution in [0.1, 0.15) is 26.3 Å². The predicted molar refractivity (Wildman–Crippen MR) is 105 cm³/mol. The molecule has 1 fully saturated rings. The summed E-state index contributed by atoms with van der Waals surface area (Å²) in [6, 6.07) is 2.52. The number of hydrogen-bond donors (Lipinski definition) is 0. The van der Waals surface area contributed by atoms with Gasteiger partial charge in [0.1, 0.15) is 6.54 Å². The number of nitro groups is 1. The molecule has 0 radical (unpaired) electrons. The Hall–Kier alpha value is -3.41. The molecule has 0 bridgehead atoms. The largest absolute Gasteiger partial charge is 0.490 e. The first kappa shape index (κ1) is 22.9. The Balaban J connectivity index is 2.40. The minimum Gasteiger partial charge on any atom is -0.490 e. The van der Waals surface area contributed by atoms with E-state index in [-0.39, 0.29) is 22.0 Å². The van der Waals surface area contributed by atoms with Gasteiger partial charge in [-0.2, -0.15) is 0 Å². The van der Waals surface area contributed by atoms with Crippen LogP contribution < -0.4 is 9.47 Å². The summed E-state index contributed by atoms with van der Waals surface area (Å²) in [7, 11) is 1.17. The van der Waals surface area contributed by atoms with E-state index in [1.165, 1.54) is 25.3 Å². The average molecular weight is 438 g/mol. The second kappa shape index (κ2) is 9.39. The third kappa shape index (κ3) is 5.14. The van der Waals surface area contributed by atoms with Gasteiger partial charge in [0.15, 0.2) is 0 Å². The normalized spacial score (nSPS) is 15.0. The molecule has 2 rings (SSSR count). The van der Waals surface area contributed by atoms with Crippen molar-refractivity contribution in [2.75, 3.05) is 13.7 Å². The molecular weight excluding hydrogens is 420 g/mol. The molecule has 1 aliphatic rings. The SMILES string of the molecule is COc1c(/C=C2\SC(=O)N(CC(=O)OC(C)C)C2=O)ccc(OC(C)=O)c1[N+](=O)[O-]. The van der Waals surface area contributed by atoms with Crippen molar-refractivity contribution in [2.24, 2.45) is 0 Å². The van der Waals surface area contributed by atoms with Crippen LogP contribution in [0.15, 0.2) is 17.0 Å². The maximum atomic E-state index is 12.5. The molecule has 11 nitrogen and oxygen atoms in total. The molecule has 1 aliphatic heterocycles. The first-order valence-corrected chi connectivity index (χ1v) is 9.35. The van der Waals surface area contributed by atoms with Crippen LogP contribution in [0, 0.1) is 10.1 Å². The van der Waals surface area contributed by atoms with E-state index in [9.17, 15) is 29.3 Å².